The van der Waals surface area contributed by atoms with Crippen LogP contribution in [-0.2, 0) is 0 Å². The average molecular weight is 460 g/mol. The smallest absolute Gasteiger partial charge is 0.343 e. The number of ether oxygens (including phenoxy) is 2. The van der Waals surface area contributed by atoms with E-state index in [1.807, 2.05) is 42.5 Å². The van der Waals surface area contributed by atoms with E-state index in [-0.39, 0.29) is 5.75 Å². The molecule has 0 aliphatic carbocycles. The first kappa shape index (κ1) is 21.9. The molecule has 35 heavy (non-hydrogen) atoms. The first-order valence-electron chi connectivity index (χ1n) is 11.0. The summed E-state index contributed by atoms with van der Waals surface area (Å²) in [6.07, 6.45) is 0. The van der Waals surface area contributed by atoms with Crippen LogP contribution in [0, 0.1) is 0 Å². The maximum atomic E-state index is 12.3. The molecule has 0 amide bonds. The number of carbonyl (C=O) groups excluding carboxylic acids is 2. The molecule has 0 fully saturated rings. The van der Waals surface area contributed by atoms with E-state index in [1.54, 1.807) is 42.5 Å². The lowest BCUT2D eigenvalue weighted by Crippen LogP contribution is -2.08. The maximum absolute atomic E-state index is 12.3. The van der Waals surface area contributed by atoms with Crippen LogP contribution >= 0.6 is 0 Å². The predicted octanol–water partition coefficient (Wildman–Crippen LogP) is 6.65. The normalized spacial score (nSPS) is 10.6. The molecule has 5 nitrogen and oxygen atoms in total. The quantitative estimate of drug-likeness (QED) is 0.235. The third kappa shape index (κ3) is 5.04. The van der Waals surface area contributed by atoms with Crippen molar-refractivity contribution in [3.63, 3.8) is 0 Å². The summed E-state index contributed by atoms with van der Waals surface area (Å²) in [5.41, 5.74) is 2.83. The Morgan fingerprint density at radius 1 is 0.514 bits per heavy atom. The highest BCUT2D eigenvalue weighted by molar-refractivity contribution is 5.93. The second-order valence-electron chi connectivity index (χ2n) is 7.94. The summed E-state index contributed by atoms with van der Waals surface area (Å²) in [4.78, 5) is 24.6. The highest BCUT2D eigenvalue weighted by Gasteiger charge is 2.10. The fourth-order valence-corrected chi connectivity index (χ4v) is 3.69. The van der Waals surface area contributed by atoms with Crippen molar-refractivity contribution >= 4 is 22.7 Å². The summed E-state index contributed by atoms with van der Waals surface area (Å²) in [5.74, 6) is 0.113. The molecule has 0 aliphatic rings. The Morgan fingerprint density at radius 3 is 1.77 bits per heavy atom. The first-order chi connectivity index (χ1) is 17.0. The van der Waals surface area contributed by atoms with E-state index in [2.05, 4.69) is 6.07 Å². The van der Waals surface area contributed by atoms with Gasteiger partial charge in [0.25, 0.3) is 0 Å². The molecule has 0 unspecified atom stereocenters. The van der Waals surface area contributed by atoms with E-state index in [1.165, 1.54) is 24.3 Å². The van der Waals surface area contributed by atoms with Gasteiger partial charge < -0.3 is 14.6 Å². The van der Waals surface area contributed by atoms with Crippen molar-refractivity contribution in [1.29, 1.82) is 0 Å². The van der Waals surface area contributed by atoms with E-state index < -0.39 is 11.9 Å². The van der Waals surface area contributed by atoms with Gasteiger partial charge in [-0.25, -0.2) is 9.59 Å². The molecule has 0 heterocycles. The van der Waals surface area contributed by atoms with Gasteiger partial charge in [-0.1, -0.05) is 48.5 Å². The van der Waals surface area contributed by atoms with Crippen molar-refractivity contribution in [1.82, 2.24) is 0 Å². The number of esters is 2. The second kappa shape index (κ2) is 9.53. The summed E-state index contributed by atoms with van der Waals surface area (Å²) in [5, 5.41) is 11.3. The molecular formula is C30H20O5. The summed E-state index contributed by atoms with van der Waals surface area (Å²) < 4.78 is 10.9. The number of aromatic hydroxyl groups is 1. The highest BCUT2D eigenvalue weighted by Crippen LogP contribution is 2.29. The molecule has 0 radical (unpaired) electrons. The van der Waals surface area contributed by atoms with Crippen LogP contribution < -0.4 is 9.47 Å². The number of hydrogen-bond donors (Lipinski definition) is 1. The van der Waals surface area contributed by atoms with E-state index in [0.717, 1.165) is 21.9 Å². The van der Waals surface area contributed by atoms with Gasteiger partial charge in [-0.3, -0.25) is 0 Å². The SMILES string of the molecule is O=C(Oc1ccc(-c2ccc3cc(OC(=O)c4ccccc4)ccc3c2)cc1)c1ccc(O)cc1. The molecular weight excluding hydrogens is 440 g/mol. The molecule has 0 aliphatic heterocycles. The van der Waals surface area contributed by atoms with Gasteiger partial charge in [-0.15, -0.1) is 0 Å². The van der Waals surface area contributed by atoms with Gasteiger partial charge >= 0.3 is 11.9 Å². The second-order valence-corrected chi connectivity index (χ2v) is 7.94. The summed E-state index contributed by atoms with van der Waals surface area (Å²) in [6.45, 7) is 0. The lowest BCUT2D eigenvalue weighted by atomic mass is 10.0. The van der Waals surface area contributed by atoms with Crippen LogP contribution in [0.25, 0.3) is 21.9 Å². The average Bonchev–Trinajstić information content (AvgIpc) is 2.89. The Balaban J connectivity index is 1.29. The van der Waals surface area contributed by atoms with Crippen molar-refractivity contribution in [2.75, 3.05) is 0 Å². The molecule has 0 aromatic heterocycles. The fourth-order valence-electron chi connectivity index (χ4n) is 3.69. The summed E-state index contributed by atoms with van der Waals surface area (Å²) in [6, 6.07) is 33.6. The molecule has 5 heteroatoms. The van der Waals surface area contributed by atoms with Crippen LogP contribution in [0.4, 0.5) is 0 Å². The van der Waals surface area contributed by atoms with Crippen LogP contribution in [0.1, 0.15) is 20.7 Å². The summed E-state index contributed by atoms with van der Waals surface area (Å²) >= 11 is 0. The molecule has 0 bridgehead atoms. The number of phenols is 1. The number of rotatable bonds is 5. The van der Waals surface area contributed by atoms with Crippen LogP contribution in [-0.4, -0.2) is 17.0 Å². The Hall–Kier alpha value is -4.90. The minimum atomic E-state index is -0.493. The fraction of sp³-hybridized carbons (Fsp3) is 0. The van der Waals surface area contributed by atoms with Gasteiger partial charge in [0, 0.05) is 0 Å². The van der Waals surface area contributed by atoms with Crippen molar-refractivity contribution < 1.29 is 24.2 Å². The number of phenolic OH excluding ortho intramolecular Hbond substituents is 1. The van der Waals surface area contributed by atoms with Gasteiger partial charge in [-0.05, 0) is 88.6 Å². The first-order valence-corrected chi connectivity index (χ1v) is 11.0. The zero-order valence-electron chi connectivity index (χ0n) is 18.5. The standard InChI is InChI=1S/C30H20O5/c31-26-13-8-22(9-14-26)30(33)34-27-15-10-20(11-16-27)23-6-7-25-19-28(17-12-24(25)18-23)35-29(32)21-4-2-1-3-5-21/h1-19,31H. The molecule has 0 saturated carbocycles. The van der Waals surface area contributed by atoms with Gasteiger partial charge in [0.1, 0.15) is 17.2 Å². The van der Waals surface area contributed by atoms with Crippen LogP contribution in [0.15, 0.2) is 115 Å². The highest BCUT2D eigenvalue weighted by atomic mass is 16.5. The topological polar surface area (TPSA) is 72.8 Å². The third-order valence-electron chi connectivity index (χ3n) is 5.53. The van der Waals surface area contributed by atoms with Crippen LogP contribution in [0.2, 0.25) is 0 Å². The largest absolute Gasteiger partial charge is 0.508 e. The Labute approximate surface area is 201 Å². The Bertz CT molecular complexity index is 1510. The van der Waals surface area contributed by atoms with E-state index in [4.69, 9.17) is 9.47 Å². The Kier molecular flexibility index (Phi) is 5.97. The van der Waals surface area contributed by atoms with Gasteiger partial charge in [0.2, 0.25) is 0 Å². The Morgan fingerprint density at radius 2 is 1.06 bits per heavy atom. The van der Waals surface area contributed by atoms with Crippen molar-refractivity contribution in [3.8, 4) is 28.4 Å². The van der Waals surface area contributed by atoms with Crippen molar-refractivity contribution in [3.05, 3.63) is 126 Å². The number of hydrogen-bond acceptors (Lipinski definition) is 5. The molecule has 0 saturated heterocycles. The zero-order valence-corrected chi connectivity index (χ0v) is 18.5. The molecule has 0 atom stereocenters. The minimum Gasteiger partial charge on any atom is -0.508 e. The molecule has 0 spiro atoms. The van der Waals surface area contributed by atoms with Crippen LogP contribution in [0.3, 0.4) is 0 Å². The maximum Gasteiger partial charge on any atom is 0.343 e. The minimum absolute atomic E-state index is 0.0886. The third-order valence-corrected chi connectivity index (χ3v) is 5.53. The molecule has 1 N–H and O–H groups in total. The zero-order chi connectivity index (χ0) is 24.2. The van der Waals surface area contributed by atoms with E-state index >= 15 is 0 Å². The number of fused-ring (bicyclic) bond motifs is 1. The van der Waals surface area contributed by atoms with Crippen LogP contribution in [0.5, 0.6) is 17.2 Å². The van der Waals surface area contributed by atoms with Gasteiger partial charge in [0.05, 0.1) is 11.1 Å². The number of benzene rings is 5. The molecule has 5 aromatic rings. The lowest BCUT2D eigenvalue weighted by Gasteiger charge is -2.09. The van der Waals surface area contributed by atoms with Crippen molar-refractivity contribution in [2.24, 2.45) is 0 Å². The predicted molar refractivity (Wildman–Crippen MR) is 134 cm³/mol. The molecule has 5 aromatic carbocycles. The van der Waals surface area contributed by atoms with E-state index in [9.17, 15) is 14.7 Å². The number of carbonyl (C=O) groups is 2. The summed E-state index contributed by atoms with van der Waals surface area (Å²) in [7, 11) is 0. The monoisotopic (exact) mass is 460 g/mol. The van der Waals surface area contributed by atoms with Crippen molar-refractivity contribution in [2.45, 2.75) is 0 Å². The lowest BCUT2D eigenvalue weighted by molar-refractivity contribution is 0.0725. The van der Waals surface area contributed by atoms with Gasteiger partial charge in [-0.2, -0.15) is 0 Å². The molecule has 5 rings (SSSR count). The molecule has 170 valence electrons. The van der Waals surface area contributed by atoms with Gasteiger partial charge in [0.15, 0.2) is 0 Å². The van der Waals surface area contributed by atoms with E-state index in [0.29, 0.717) is 22.6 Å².